The topological polar surface area (TPSA) is 70.7 Å². The van der Waals surface area contributed by atoms with Crippen molar-refractivity contribution in [3.8, 4) is 11.1 Å². The number of pyridine rings is 1. The first-order valence-corrected chi connectivity index (χ1v) is 8.10. The number of nitrogens with zero attached hydrogens (tertiary/aromatic N) is 2. The van der Waals surface area contributed by atoms with Crippen LogP contribution in [0.2, 0.25) is 0 Å². The van der Waals surface area contributed by atoms with Gasteiger partial charge in [-0.15, -0.1) is 0 Å². The largest absolute Gasteiger partial charge is 0.350 e. The maximum Gasteiger partial charge on any atom is 0.269 e. The highest BCUT2D eigenvalue weighted by molar-refractivity contribution is 5.98. The molecular formula is C19H18N4O. The van der Waals surface area contributed by atoms with Crippen LogP contribution in [0.4, 0.5) is 0 Å². The lowest BCUT2D eigenvalue weighted by atomic mass is 10.1. The van der Waals surface area contributed by atoms with Gasteiger partial charge in [-0.1, -0.05) is 24.3 Å². The molecule has 2 N–H and O–H groups in total. The normalized spacial score (nSPS) is 13.7. The molecule has 0 bridgehead atoms. The van der Waals surface area contributed by atoms with Gasteiger partial charge < -0.3 is 5.32 Å². The highest BCUT2D eigenvalue weighted by Gasteiger charge is 2.22. The van der Waals surface area contributed by atoms with Crippen LogP contribution in [0.1, 0.15) is 21.6 Å². The zero-order chi connectivity index (χ0) is 16.4. The lowest BCUT2D eigenvalue weighted by molar-refractivity contribution is 0.0943. The number of benzene rings is 1. The van der Waals surface area contributed by atoms with E-state index in [-0.39, 0.29) is 5.91 Å². The summed E-state index contributed by atoms with van der Waals surface area (Å²) < 4.78 is 0. The molecule has 4 rings (SSSR count). The highest BCUT2D eigenvalue weighted by atomic mass is 16.1. The molecule has 0 radical (unpaired) electrons. The van der Waals surface area contributed by atoms with Crippen molar-refractivity contribution < 1.29 is 4.79 Å². The Labute approximate surface area is 140 Å². The van der Waals surface area contributed by atoms with Crippen molar-refractivity contribution in [3.63, 3.8) is 0 Å². The van der Waals surface area contributed by atoms with Crippen molar-refractivity contribution in [2.45, 2.75) is 12.8 Å². The van der Waals surface area contributed by atoms with E-state index in [1.165, 1.54) is 11.1 Å². The number of aromatic nitrogens is 3. The second-order valence-corrected chi connectivity index (χ2v) is 6.15. The number of nitrogens with one attached hydrogen (secondary N) is 2. The van der Waals surface area contributed by atoms with Gasteiger partial charge in [-0.05, 0) is 47.6 Å². The van der Waals surface area contributed by atoms with E-state index >= 15 is 0 Å². The van der Waals surface area contributed by atoms with Crippen molar-refractivity contribution in [3.05, 3.63) is 71.8 Å². The lowest BCUT2D eigenvalue weighted by Crippen LogP contribution is -2.30. The molecule has 0 atom stereocenters. The minimum atomic E-state index is -0.115. The first-order chi connectivity index (χ1) is 11.8. The molecule has 1 aromatic carbocycles. The number of hydrogen-bond donors (Lipinski definition) is 2. The fraction of sp³-hybridized carbons (Fsp3) is 0.211. The second-order valence-electron chi connectivity index (χ2n) is 6.15. The van der Waals surface area contributed by atoms with Gasteiger partial charge in [0.25, 0.3) is 5.91 Å². The Balaban J connectivity index is 1.43. The summed E-state index contributed by atoms with van der Waals surface area (Å²) in [4.78, 5) is 16.5. The molecule has 5 heteroatoms. The van der Waals surface area contributed by atoms with Crippen molar-refractivity contribution in [1.29, 1.82) is 0 Å². The third kappa shape index (κ3) is 2.80. The molecule has 0 spiro atoms. The maximum absolute atomic E-state index is 12.5. The average Bonchev–Trinajstić information content (AvgIpc) is 3.27. The molecule has 2 heterocycles. The van der Waals surface area contributed by atoms with Crippen molar-refractivity contribution in [2.75, 3.05) is 6.54 Å². The fourth-order valence-corrected chi connectivity index (χ4v) is 3.33. The predicted octanol–water partition coefficient (Wildman–Crippen LogP) is 2.62. The first kappa shape index (κ1) is 14.6. The molecule has 0 saturated heterocycles. The Bertz CT molecular complexity index is 832. The van der Waals surface area contributed by atoms with Crippen LogP contribution in [-0.4, -0.2) is 27.6 Å². The van der Waals surface area contributed by atoms with Gasteiger partial charge >= 0.3 is 0 Å². The molecule has 2 aromatic heterocycles. The molecule has 24 heavy (non-hydrogen) atoms. The van der Waals surface area contributed by atoms with E-state index in [9.17, 15) is 4.79 Å². The Kier molecular flexibility index (Phi) is 3.83. The molecule has 0 aliphatic heterocycles. The van der Waals surface area contributed by atoms with Gasteiger partial charge in [-0.2, -0.15) is 5.10 Å². The Hall–Kier alpha value is -2.95. The van der Waals surface area contributed by atoms with Crippen LogP contribution in [0, 0.1) is 5.92 Å². The predicted molar refractivity (Wildman–Crippen MR) is 91.5 cm³/mol. The minimum absolute atomic E-state index is 0.115. The summed E-state index contributed by atoms with van der Waals surface area (Å²) in [7, 11) is 0. The van der Waals surface area contributed by atoms with E-state index in [1.807, 2.05) is 12.1 Å². The summed E-state index contributed by atoms with van der Waals surface area (Å²) in [6.45, 7) is 0.669. The minimum Gasteiger partial charge on any atom is -0.350 e. The van der Waals surface area contributed by atoms with Gasteiger partial charge in [-0.3, -0.25) is 14.9 Å². The highest BCUT2D eigenvalue weighted by Crippen LogP contribution is 2.26. The third-order valence-electron chi connectivity index (χ3n) is 4.54. The number of rotatable bonds is 4. The van der Waals surface area contributed by atoms with E-state index in [1.54, 1.807) is 18.6 Å². The molecule has 3 aromatic rings. The SMILES string of the molecule is O=C(NCC1Cc2ccccc2C1)c1[nH]ncc1-c1ccncc1. The zero-order valence-corrected chi connectivity index (χ0v) is 13.2. The molecule has 0 saturated carbocycles. The van der Waals surface area contributed by atoms with E-state index in [0.717, 1.165) is 24.0 Å². The summed E-state index contributed by atoms with van der Waals surface area (Å²) in [5.41, 5.74) is 5.02. The van der Waals surface area contributed by atoms with E-state index in [0.29, 0.717) is 18.2 Å². The van der Waals surface area contributed by atoms with Crippen LogP contribution in [0.15, 0.2) is 55.0 Å². The first-order valence-electron chi connectivity index (χ1n) is 8.10. The molecule has 1 aliphatic carbocycles. The monoisotopic (exact) mass is 318 g/mol. The third-order valence-corrected chi connectivity index (χ3v) is 4.54. The summed E-state index contributed by atoms with van der Waals surface area (Å²) >= 11 is 0. The molecule has 5 nitrogen and oxygen atoms in total. The van der Waals surface area contributed by atoms with Crippen LogP contribution in [0.5, 0.6) is 0 Å². The number of H-pyrrole nitrogens is 1. The number of carbonyl (C=O) groups excluding carboxylic acids is 1. The number of carbonyl (C=O) groups is 1. The maximum atomic E-state index is 12.5. The van der Waals surface area contributed by atoms with Crippen molar-refractivity contribution in [1.82, 2.24) is 20.5 Å². The Morgan fingerprint density at radius 1 is 1.12 bits per heavy atom. The van der Waals surface area contributed by atoms with Crippen LogP contribution >= 0.6 is 0 Å². The number of fused-ring (bicyclic) bond motifs is 1. The van der Waals surface area contributed by atoms with E-state index in [2.05, 4.69) is 44.8 Å². The molecule has 0 fully saturated rings. The second kappa shape index (κ2) is 6.28. The number of aromatic amines is 1. The van der Waals surface area contributed by atoms with Gasteiger partial charge in [0, 0.05) is 24.5 Å². The molecule has 0 unspecified atom stereocenters. The van der Waals surface area contributed by atoms with Crippen LogP contribution in [-0.2, 0) is 12.8 Å². The van der Waals surface area contributed by atoms with E-state index in [4.69, 9.17) is 0 Å². The summed E-state index contributed by atoms with van der Waals surface area (Å²) in [6, 6.07) is 12.2. The smallest absolute Gasteiger partial charge is 0.269 e. The van der Waals surface area contributed by atoms with Crippen molar-refractivity contribution in [2.24, 2.45) is 5.92 Å². The van der Waals surface area contributed by atoms with E-state index < -0.39 is 0 Å². The Morgan fingerprint density at radius 2 is 1.83 bits per heavy atom. The van der Waals surface area contributed by atoms with Crippen LogP contribution < -0.4 is 5.32 Å². The molecule has 1 aliphatic rings. The number of amides is 1. The summed E-state index contributed by atoms with van der Waals surface area (Å²) in [5.74, 6) is 0.342. The zero-order valence-electron chi connectivity index (χ0n) is 13.2. The lowest BCUT2D eigenvalue weighted by Gasteiger charge is -2.11. The van der Waals surface area contributed by atoms with Crippen molar-refractivity contribution >= 4 is 5.91 Å². The summed E-state index contributed by atoms with van der Waals surface area (Å²) in [6.07, 6.45) is 7.14. The average molecular weight is 318 g/mol. The quantitative estimate of drug-likeness (QED) is 0.777. The van der Waals surface area contributed by atoms with Gasteiger partial charge in [-0.25, -0.2) is 0 Å². The molecular weight excluding hydrogens is 300 g/mol. The van der Waals surface area contributed by atoms with Gasteiger partial charge in [0.15, 0.2) is 0 Å². The molecule has 1 amide bonds. The summed E-state index contributed by atoms with van der Waals surface area (Å²) in [5, 5.41) is 9.89. The fourth-order valence-electron chi connectivity index (χ4n) is 3.33. The molecule has 120 valence electrons. The Morgan fingerprint density at radius 3 is 2.54 bits per heavy atom. The van der Waals surface area contributed by atoms with Gasteiger partial charge in [0.05, 0.1) is 6.20 Å². The van der Waals surface area contributed by atoms with Gasteiger partial charge in [0.1, 0.15) is 5.69 Å². The van der Waals surface area contributed by atoms with Gasteiger partial charge in [0.2, 0.25) is 0 Å². The van der Waals surface area contributed by atoms with Crippen LogP contribution in [0.3, 0.4) is 0 Å². The standard InChI is InChI=1S/C19H18N4O/c24-19(18-17(12-22-23-18)14-5-7-20-8-6-14)21-11-13-9-15-3-1-2-4-16(15)10-13/h1-8,12-13H,9-11H2,(H,21,24)(H,22,23). The van der Waals surface area contributed by atoms with Crippen LogP contribution in [0.25, 0.3) is 11.1 Å². The number of hydrogen-bond acceptors (Lipinski definition) is 3.